The summed E-state index contributed by atoms with van der Waals surface area (Å²) in [6, 6.07) is 5.99. The van der Waals surface area contributed by atoms with E-state index >= 15 is 0 Å². The maximum atomic E-state index is 12.8. The van der Waals surface area contributed by atoms with Crippen LogP contribution < -0.4 is 5.32 Å². The van der Waals surface area contributed by atoms with Gasteiger partial charge in [0.05, 0.1) is 0 Å². The molecule has 0 saturated carbocycles. The van der Waals surface area contributed by atoms with Gasteiger partial charge in [0.2, 0.25) is 0 Å². The van der Waals surface area contributed by atoms with Crippen LogP contribution in [0, 0.1) is 5.82 Å². The highest BCUT2D eigenvalue weighted by atomic mass is 19.1. The molecule has 0 aliphatic carbocycles. The van der Waals surface area contributed by atoms with E-state index < -0.39 is 0 Å². The fourth-order valence-corrected chi connectivity index (χ4v) is 1.68. The van der Waals surface area contributed by atoms with Crippen molar-refractivity contribution < 1.29 is 9.18 Å². The topological polar surface area (TPSA) is 50.2 Å². The zero-order valence-corrected chi connectivity index (χ0v) is 11.5. The average Bonchev–Trinajstić information content (AvgIpc) is 2.88. The van der Waals surface area contributed by atoms with E-state index in [1.807, 2.05) is 19.0 Å². The standard InChI is InChI=1S/C14H17FN4O/c1-18(2)8-7-16-14(20)13-9-19(10-17-13)12-5-3-11(15)4-6-12/h3-6,9-10H,7-8H2,1-2H3,(H,16,20). The number of nitrogens with zero attached hydrogens (tertiary/aromatic N) is 3. The molecule has 5 nitrogen and oxygen atoms in total. The number of hydrogen-bond acceptors (Lipinski definition) is 3. The summed E-state index contributed by atoms with van der Waals surface area (Å²) >= 11 is 0. The van der Waals surface area contributed by atoms with Crippen molar-refractivity contribution in [3.05, 3.63) is 48.3 Å². The molecule has 2 aromatic rings. The van der Waals surface area contributed by atoms with Gasteiger partial charge in [-0.1, -0.05) is 0 Å². The molecule has 106 valence electrons. The number of benzene rings is 1. The van der Waals surface area contributed by atoms with Crippen molar-refractivity contribution in [3.63, 3.8) is 0 Å². The Balaban J connectivity index is 2.01. The lowest BCUT2D eigenvalue weighted by Crippen LogP contribution is -2.31. The quantitative estimate of drug-likeness (QED) is 0.895. The minimum Gasteiger partial charge on any atom is -0.349 e. The smallest absolute Gasteiger partial charge is 0.271 e. The first-order chi connectivity index (χ1) is 9.56. The van der Waals surface area contributed by atoms with Gasteiger partial charge in [-0.25, -0.2) is 9.37 Å². The van der Waals surface area contributed by atoms with E-state index in [1.54, 1.807) is 22.9 Å². The van der Waals surface area contributed by atoms with E-state index in [9.17, 15) is 9.18 Å². The molecular formula is C14H17FN4O. The first kappa shape index (κ1) is 14.2. The fraction of sp³-hybridized carbons (Fsp3) is 0.286. The largest absolute Gasteiger partial charge is 0.349 e. The van der Waals surface area contributed by atoms with Crippen molar-refractivity contribution in [1.82, 2.24) is 19.8 Å². The van der Waals surface area contributed by atoms with Gasteiger partial charge < -0.3 is 14.8 Å². The van der Waals surface area contributed by atoms with E-state index in [-0.39, 0.29) is 11.7 Å². The zero-order chi connectivity index (χ0) is 14.5. The van der Waals surface area contributed by atoms with Crippen molar-refractivity contribution in [1.29, 1.82) is 0 Å². The molecule has 1 amide bonds. The van der Waals surface area contributed by atoms with Gasteiger partial charge in [0.15, 0.2) is 0 Å². The Morgan fingerprint density at radius 3 is 2.70 bits per heavy atom. The number of hydrogen-bond donors (Lipinski definition) is 1. The molecule has 0 fully saturated rings. The fourth-order valence-electron chi connectivity index (χ4n) is 1.68. The summed E-state index contributed by atoms with van der Waals surface area (Å²) in [4.78, 5) is 17.9. The first-order valence-electron chi connectivity index (χ1n) is 6.29. The van der Waals surface area contributed by atoms with Crippen molar-refractivity contribution in [2.24, 2.45) is 0 Å². The Kier molecular flexibility index (Phi) is 4.47. The second kappa shape index (κ2) is 6.29. The molecule has 6 heteroatoms. The molecule has 0 atom stereocenters. The lowest BCUT2D eigenvalue weighted by Gasteiger charge is -2.09. The average molecular weight is 276 g/mol. The molecule has 0 aliphatic heterocycles. The lowest BCUT2D eigenvalue weighted by molar-refractivity contribution is 0.0946. The van der Waals surface area contributed by atoms with Crippen LogP contribution in [0.4, 0.5) is 4.39 Å². The minimum absolute atomic E-state index is 0.215. The number of amides is 1. The molecule has 20 heavy (non-hydrogen) atoms. The highest BCUT2D eigenvalue weighted by Crippen LogP contribution is 2.09. The van der Waals surface area contributed by atoms with Crippen molar-refractivity contribution in [2.75, 3.05) is 27.2 Å². The summed E-state index contributed by atoms with van der Waals surface area (Å²) in [5.74, 6) is -0.511. The Morgan fingerprint density at radius 1 is 1.35 bits per heavy atom. The van der Waals surface area contributed by atoms with E-state index in [0.717, 1.165) is 12.2 Å². The predicted molar refractivity (Wildman–Crippen MR) is 74.4 cm³/mol. The predicted octanol–water partition coefficient (Wildman–Crippen LogP) is 1.30. The monoisotopic (exact) mass is 276 g/mol. The maximum Gasteiger partial charge on any atom is 0.271 e. The van der Waals surface area contributed by atoms with Crippen LogP contribution in [0.5, 0.6) is 0 Å². The van der Waals surface area contributed by atoms with E-state index in [4.69, 9.17) is 0 Å². The molecule has 0 unspecified atom stereocenters. The summed E-state index contributed by atoms with van der Waals surface area (Å²) in [5, 5.41) is 2.79. The van der Waals surface area contributed by atoms with Gasteiger partial charge in [-0.15, -0.1) is 0 Å². The van der Waals surface area contributed by atoms with Crippen LogP contribution in [0.3, 0.4) is 0 Å². The van der Waals surface area contributed by atoms with Crippen LogP contribution in [-0.4, -0.2) is 47.5 Å². The van der Waals surface area contributed by atoms with Crippen LogP contribution in [0.1, 0.15) is 10.5 Å². The molecule has 1 aromatic carbocycles. The molecule has 0 aliphatic rings. The highest BCUT2D eigenvalue weighted by Gasteiger charge is 2.09. The number of likely N-dealkylation sites (N-methyl/N-ethyl adjacent to an activating group) is 1. The van der Waals surface area contributed by atoms with Gasteiger partial charge in [0.25, 0.3) is 5.91 Å². The molecule has 1 aromatic heterocycles. The van der Waals surface area contributed by atoms with E-state index in [0.29, 0.717) is 12.2 Å². The SMILES string of the molecule is CN(C)CCNC(=O)c1cn(-c2ccc(F)cc2)cn1. The van der Waals surface area contributed by atoms with Crippen molar-refractivity contribution in [2.45, 2.75) is 0 Å². The molecule has 0 spiro atoms. The van der Waals surface area contributed by atoms with Crippen LogP contribution in [0.2, 0.25) is 0 Å². The zero-order valence-electron chi connectivity index (χ0n) is 11.5. The highest BCUT2D eigenvalue weighted by molar-refractivity contribution is 5.92. The maximum absolute atomic E-state index is 12.8. The number of carbonyl (C=O) groups is 1. The molecule has 2 rings (SSSR count). The summed E-state index contributed by atoms with van der Waals surface area (Å²) in [7, 11) is 3.88. The molecule has 0 saturated heterocycles. The van der Waals surface area contributed by atoms with Crippen LogP contribution >= 0.6 is 0 Å². The van der Waals surface area contributed by atoms with E-state index in [1.165, 1.54) is 18.5 Å². The second-order valence-electron chi connectivity index (χ2n) is 4.70. The summed E-state index contributed by atoms with van der Waals surface area (Å²) in [5.41, 5.74) is 1.10. The van der Waals surface area contributed by atoms with E-state index in [2.05, 4.69) is 10.3 Å². The molecule has 0 bridgehead atoms. The van der Waals surface area contributed by atoms with Crippen molar-refractivity contribution in [3.8, 4) is 5.69 Å². The summed E-state index contributed by atoms with van der Waals surface area (Å²) in [6.07, 6.45) is 3.16. The third-order valence-electron chi connectivity index (χ3n) is 2.78. The number of rotatable bonds is 5. The normalized spacial score (nSPS) is 10.8. The van der Waals surface area contributed by atoms with Crippen LogP contribution in [0.25, 0.3) is 5.69 Å². The number of carbonyl (C=O) groups excluding carboxylic acids is 1. The second-order valence-corrected chi connectivity index (χ2v) is 4.70. The Bertz CT molecular complexity index is 577. The number of nitrogens with one attached hydrogen (secondary N) is 1. The van der Waals surface area contributed by atoms with Gasteiger partial charge in [-0.2, -0.15) is 0 Å². The number of halogens is 1. The number of aromatic nitrogens is 2. The van der Waals surface area contributed by atoms with Gasteiger partial charge in [0, 0.05) is 25.0 Å². The minimum atomic E-state index is -0.296. The van der Waals surface area contributed by atoms with Gasteiger partial charge >= 0.3 is 0 Å². The summed E-state index contributed by atoms with van der Waals surface area (Å²) in [6.45, 7) is 1.33. The van der Waals surface area contributed by atoms with Crippen LogP contribution in [0.15, 0.2) is 36.8 Å². The molecule has 0 radical (unpaired) electrons. The molecule has 1 heterocycles. The van der Waals surface area contributed by atoms with Crippen molar-refractivity contribution >= 4 is 5.91 Å². The third-order valence-corrected chi connectivity index (χ3v) is 2.78. The first-order valence-corrected chi connectivity index (χ1v) is 6.29. The van der Waals surface area contributed by atoms with Crippen LogP contribution in [-0.2, 0) is 0 Å². The van der Waals surface area contributed by atoms with Gasteiger partial charge in [-0.05, 0) is 38.4 Å². The summed E-state index contributed by atoms with van der Waals surface area (Å²) < 4.78 is 14.5. The van der Waals surface area contributed by atoms with Gasteiger partial charge in [0.1, 0.15) is 17.8 Å². The Hall–Kier alpha value is -2.21. The third kappa shape index (κ3) is 3.64. The molecule has 1 N–H and O–H groups in total. The lowest BCUT2D eigenvalue weighted by atomic mass is 10.3. The Morgan fingerprint density at radius 2 is 2.05 bits per heavy atom. The number of imidazole rings is 1. The molecular weight excluding hydrogens is 259 g/mol. The Labute approximate surface area is 117 Å². The van der Waals surface area contributed by atoms with Gasteiger partial charge in [-0.3, -0.25) is 4.79 Å².